The predicted octanol–water partition coefficient (Wildman–Crippen LogP) is 2.29. The van der Waals surface area contributed by atoms with Gasteiger partial charge in [-0.2, -0.15) is 0 Å². The third kappa shape index (κ3) is 5.09. The van der Waals surface area contributed by atoms with E-state index in [1.165, 1.54) is 13.8 Å². The molecule has 0 spiro atoms. The van der Waals surface area contributed by atoms with Crippen molar-refractivity contribution in [2.45, 2.75) is 20.8 Å². The molecule has 3 nitrogen and oxygen atoms in total. The minimum Gasteiger partial charge on any atom is -0.478 e. The molecule has 0 fully saturated rings. The topological polar surface area (TPSA) is 54.4 Å². The molecule has 3 heteroatoms. The van der Waals surface area contributed by atoms with Gasteiger partial charge >= 0.3 is 5.97 Å². The molecule has 1 rings (SSSR count). The first kappa shape index (κ1) is 12.4. The average Bonchev–Trinajstić information content (AvgIpc) is 2.03. The zero-order valence-electron chi connectivity index (χ0n) is 8.57. The minimum atomic E-state index is -0.863. The molecule has 0 radical (unpaired) electrons. The number of ketones is 1. The monoisotopic (exact) mass is 194 g/mol. The molecule has 0 saturated heterocycles. The molecular formula is C11H14O3. The van der Waals surface area contributed by atoms with Crippen LogP contribution in [-0.4, -0.2) is 16.9 Å². The summed E-state index contributed by atoms with van der Waals surface area (Å²) in [6, 6.07) is 6.92. The average molecular weight is 194 g/mol. The third-order valence-electron chi connectivity index (χ3n) is 1.38. The van der Waals surface area contributed by atoms with Crippen LogP contribution in [0.2, 0.25) is 0 Å². The number of aryl methyl sites for hydroxylation is 1. The number of carbonyl (C=O) groups is 2. The summed E-state index contributed by atoms with van der Waals surface area (Å²) in [5, 5.41) is 8.57. The highest BCUT2D eigenvalue weighted by atomic mass is 16.4. The van der Waals surface area contributed by atoms with E-state index in [0.717, 1.165) is 5.56 Å². The molecule has 1 aromatic carbocycles. The van der Waals surface area contributed by atoms with E-state index in [2.05, 4.69) is 0 Å². The molecule has 14 heavy (non-hydrogen) atoms. The number of aromatic carboxylic acids is 1. The maximum Gasteiger partial charge on any atom is 0.335 e. The standard InChI is InChI=1S/C8H8O2.C3H6O/c1-6-4-2-3-5-7(6)8(9)10;1-3(2)4/h2-5H,1H3,(H,9,10);1-2H3. The first-order chi connectivity index (χ1) is 6.45. The van der Waals surface area contributed by atoms with Crippen LogP contribution in [0.4, 0.5) is 0 Å². The Morgan fingerprint density at radius 2 is 1.57 bits per heavy atom. The molecular weight excluding hydrogens is 180 g/mol. The normalized spacial score (nSPS) is 8.50. The quantitative estimate of drug-likeness (QED) is 0.746. The number of carbonyl (C=O) groups excluding carboxylic acids is 1. The van der Waals surface area contributed by atoms with Crippen LogP contribution in [0.3, 0.4) is 0 Å². The van der Waals surface area contributed by atoms with E-state index in [9.17, 15) is 9.59 Å². The summed E-state index contributed by atoms with van der Waals surface area (Å²) in [6.45, 7) is 4.84. The van der Waals surface area contributed by atoms with Gasteiger partial charge in [-0.05, 0) is 32.4 Å². The van der Waals surface area contributed by atoms with Crippen LogP contribution < -0.4 is 0 Å². The second-order valence-corrected chi connectivity index (χ2v) is 3.03. The highest BCUT2D eigenvalue weighted by molar-refractivity contribution is 5.89. The summed E-state index contributed by atoms with van der Waals surface area (Å²) >= 11 is 0. The van der Waals surface area contributed by atoms with Gasteiger partial charge in [0.15, 0.2) is 0 Å². The molecule has 0 aromatic heterocycles. The van der Waals surface area contributed by atoms with Gasteiger partial charge in [0, 0.05) is 0 Å². The fourth-order valence-corrected chi connectivity index (χ4v) is 0.813. The maximum atomic E-state index is 10.4. The Bertz CT molecular complexity index is 325. The van der Waals surface area contributed by atoms with Gasteiger partial charge in [-0.1, -0.05) is 18.2 Å². The number of carboxylic acids is 1. The van der Waals surface area contributed by atoms with Crippen molar-refractivity contribution < 1.29 is 14.7 Å². The highest BCUT2D eigenvalue weighted by Crippen LogP contribution is 2.05. The van der Waals surface area contributed by atoms with E-state index in [4.69, 9.17) is 5.11 Å². The molecule has 0 saturated carbocycles. The molecule has 0 unspecified atom stereocenters. The van der Waals surface area contributed by atoms with E-state index in [0.29, 0.717) is 5.56 Å². The van der Waals surface area contributed by atoms with Gasteiger partial charge in [0.05, 0.1) is 5.56 Å². The lowest BCUT2D eigenvalue weighted by Gasteiger charge is -1.96. The van der Waals surface area contributed by atoms with Crippen LogP contribution in [0.1, 0.15) is 29.8 Å². The first-order valence-electron chi connectivity index (χ1n) is 4.21. The Morgan fingerprint density at radius 1 is 1.14 bits per heavy atom. The predicted molar refractivity (Wildman–Crippen MR) is 54.5 cm³/mol. The van der Waals surface area contributed by atoms with Crippen LogP contribution >= 0.6 is 0 Å². The van der Waals surface area contributed by atoms with Crippen molar-refractivity contribution in [2.75, 3.05) is 0 Å². The largest absolute Gasteiger partial charge is 0.478 e. The lowest BCUT2D eigenvalue weighted by molar-refractivity contribution is -0.114. The number of hydrogen-bond acceptors (Lipinski definition) is 2. The number of hydrogen-bond donors (Lipinski definition) is 1. The molecule has 0 bridgehead atoms. The Balaban J connectivity index is 0.000000364. The second-order valence-electron chi connectivity index (χ2n) is 3.03. The van der Waals surface area contributed by atoms with Crippen molar-refractivity contribution in [1.29, 1.82) is 0 Å². The maximum absolute atomic E-state index is 10.4. The van der Waals surface area contributed by atoms with E-state index in [-0.39, 0.29) is 5.78 Å². The van der Waals surface area contributed by atoms with E-state index < -0.39 is 5.97 Å². The number of benzene rings is 1. The van der Waals surface area contributed by atoms with Crippen molar-refractivity contribution in [3.05, 3.63) is 35.4 Å². The Kier molecular flexibility index (Phi) is 5.22. The van der Waals surface area contributed by atoms with Gasteiger partial charge < -0.3 is 9.90 Å². The summed E-state index contributed by atoms with van der Waals surface area (Å²) in [7, 11) is 0. The lowest BCUT2D eigenvalue weighted by Crippen LogP contribution is -1.97. The Morgan fingerprint density at radius 3 is 1.86 bits per heavy atom. The zero-order valence-corrected chi connectivity index (χ0v) is 8.57. The zero-order chi connectivity index (χ0) is 11.1. The van der Waals surface area contributed by atoms with Gasteiger partial charge in [0.1, 0.15) is 5.78 Å². The van der Waals surface area contributed by atoms with Gasteiger partial charge in [0.2, 0.25) is 0 Å². The smallest absolute Gasteiger partial charge is 0.335 e. The molecule has 0 heterocycles. The minimum absolute atomic E-state index is 0.167. The van der Waals surface area contributed by atoms with Crippen LogP contribution in [0.15, 0.2) is 24.3 Å². The fraction of sp³-hybridized carbons (Fsp3) is 0.273. The van der Waals surface area contributed by atoms with Crippen LogP contribution in [0, 0.1) is 6.92 Å². The fourth-order valence-electron chi connectivity index (χ4n) is 0.813. The van der Waals surface area contributed by atoms with Crippen LogP contribution in [-0.2, 0) is 4.79 Å². The van der Waals surface area contributed by atoms with Crippen molar-refractivity contribution in [2.24, 2.45) is 0 Å². The summed E-state index contributed by atoms with van der Waals surface area (Å²) in [5.74, 6) is -0.696. The van der Waals surface area contributed by atoms with Crippen LogP contribution in [0.25, 0.3) is 0 Å². The van der Waals surface area contributed by atoms with Crippen molar-refractivity contribution in [1.82, 2.24) is 0 Å². The van der Waals surface area contributed by atoms with E-state index in [1.54, 1.807) is 25.1 Å². The molecule has 0 aliphatic carbocycles. The molecule has 1 aromatic rings. The van der Waals surface area contributed by atoms with Crippen molar-refractivity contribution >= 4 is 11.8 Å². The van der Waals surface area contributed by atoms with Gasteiger partial charge in [-0.15, -0.1) is 0 Å². The summed E-state index contributed by atoms with van der Waals surface area (Å²) in [4.78, 5) is 19.9. The summed E-state index contributed by atoms with van der Waals surface area (Å²) in [6.07, 6.45) is 0. The lowest BCUT2D eigenvalue weighted by atomic mass is 10.1. The summed E-state index contributed by atoms with van der Waals surface area (Å²) < 4.78 is 0. The Hall–Kier alpha value is -1.64. The van der Waals surface area contributed by atoms with Gasteiger partial charge in [0.25, 0.3) is 0 Å². The molecule has 1 N–H and O–H groups in total. The molecule has 0 aliphatic heterocycles. The first-order valence-corrected chi connectivity index (χ1v) is 4.21. The van der Waals surface area contributed by atoms with E-state index in [1.807, 2.05) is 6.07 Å². The molecule has 0 atom stereocenters. The van der Waals surface area contributed by atoms with Crippen molar-refractivity contribution in [3.8, 4) is 0 Å². The summed E-state index contributed by atoms with van der Waals surface area (Å²) in [5.41, 5.74) is 1.18. The molecule has 76 valence electrons. The van der Waals surface area contributed by atoms with Gasteiger partial charge in [-0.25, -0.2) is 4.79 Å². The number of Topliss-reactive ketones (excluding diaryl/α,β-unsaturated/α-hetero) is 1. The van der Waals surface area contributed by atoms with Crippen molar-refractivity contribution in [3.63, 3.8) is 0 Å². The Labute approximate surface area is 83.4 Å². The third-order valence-corrected chi connectivity index (χ3v) is 1.38. The molecule has 0 aliphatic rings. The van der Waals surface area contributed by atoms with Gasteiger partial charge in [-0.3, -0.25) is 0 Å². The van der Waals surface area contributed by atoms with E-state index >= 15 is 0 Å². The number of rotatable bonds is 1. The van der Waals surface area contributed by atoms with Crippen LogP contribution in [0.5, 0.6) is 0 Å². The SMILES string of the molecule is CC(C)=O.Cc1ccccc1C(=O)O. The number of carboxylic acid groups (broad SMARTS) is 1. The second kappa shape index (κ2) is 5.91. The molecule has 0 amide bonds. The highest BCUT2D eigenvalue weighted by Gasteiger charge is 2.02.